The minimum Gasteiger partial charge on any atom is -0.468 e. The molecule has 3 rings (SSSR count). The number of rotatable bonds is 4. The zero-order valence-electron chi connectivity index (χ0n) is 14.5. The minimum atomic E-state index is -3.93. The zero-order valence-corrected chi connectivity index (χ0v) is 15.3. The third kappa shape index (κ3) is 3.27. The molecule has 0 amide bonds. The fourth-order valence-electron chi connectivity index (χ4n) is 3.09. The molecule has 0 bridgehead atoms. The number of nitrogens with zero attached hydrogens (tertiary/aromatic N) is 1. The van der Waals surface area contributed by atoms with Crippen molar-refractivity contribution in [2.75, 3.05) is 7.11 Å². The lowest BCUT2D eigenvalue weighted by Gasteiger charge is -2.34. The van der Waals surface area contributed by atoms with Crippen molar-refractivity contribution in [2.24, 2.45) is 0 Å². The standard InChI is InChI=1S/C19H19NO5S/c1-13(21)14-7-9-17(10-8-14)26(23,24)20-12-16-6-4-3-5-15(16)11-18(20)19(22)25-2/h3-10,18H,11-12H2,1-2H3/t18-/m1/s1. The Kier molecular flexibility index (Phi) is 4.93. The first-order valence-corrected chi connectivity index (χ1v) is 9.56. The number of methoxy groups -OCH3 is 1. The number of ether oxygens (including phenoxy) is 1. The second-order valence-electron chi connectivity index (χ2n) is 6.14. The van der Waals surface area contributed by atoms with E-state index < -0.39 is 22.0 Å². The Hall–Kier alpha value is -2.51. The van der Waals surface area contributed by atoms with Gasteiger partial charge in [0.15, 0.2) is 5.78 Å². The van der Waals surface area contributed by atoms with Crippen LogP contribution in [0, 0.1) is 0 Å². The van der Waals surface area contributed by atoms with Gasteiger partial charge >= 0.3 is 5.97 Å². The van der Waals surface area contributed by atoms with Crippen LogP contribution in [0.4, 0.5) is 0 Å². The van der Waals surface area contributed by atoms with Gasteiger partial charge in [-0.05, 0) is 30.2 Å². The molecule has 6 nitrogen and oxygen atoms in total. The topological polar surface area (TPSA) is 80.8 Å². The highest BCUT2D eigenvalue weighted by Gasteiger charge is 2.40. The molecule has 0 aromatic heterocycles. The van der Waals surface area contributed by atoms with Gasteiger partial charge in [-0.25, -0.2) is 8.42 Å². The van der Waals surface area contributed by atoms with E-state index in [0.717, 1.165) is 11.1 Å². The molecule has 0 N–H and O–H groups in total. The molecule has 1 aliphatic heterocycles. The number of hydrogen-bond acceptors (Lipinski definition) is 5. The van der Waals surface area contributed by atoms with Gasteiger partial charge in [0, 0.05) is 18.5 Å². The average Bonchev–Trinajstić information content (AvgIpc) is 2.66. The lowest BCUT2D eigenvalue weighted by molar-refractivity contribution is -0.145. The summed E-state index contributed by atoms with van der Waals surface area (Å²) in [7, 11) is -2.68. The van der Waals surface area contributed by atoms with Gasteiger partial charge in [-0.1, -0.05) is 36.4 Å². The van der Waals surface area contributed by atoms with Crippen molar-refractivity contribution in [3.8, 4) is 0 Å². The van der Waals surface area contributed by atoms with E-state index in [1.807, 2.05) is 24.3 Å². The summed E-state index contributed by atoms with van der Waals surface area (Å²) in [5.41, 5.74) is 2.22. The monoisotopic (exact) mass is 373 g/mol. The molecule has 136 valence electrons. The van der Waals surface area contributed by atoms with Gasteiger partial charge in [0.2, 0.25) is 10.0 Å². The number of carbonyl (C=O) groups excluding carboxylic acids is 2. The minimum absolute atomic E-state index is 0.0378. The summed E-state index contributed by atoms with van der Waals surface area (Å²) < 4.78 is 32.3. The normalized spacial score (nSPS) is 17.4. The molecule has 0 saturated heterocycles. The number of benzene rings is 2. The van der Waals surface area contributed by atoms with E-state index in [4.69, 9.17) is 4.74 Å². The number of carbonyl (C=O) groups is 2. The maximum atomic E-state index is 13.1. The summed E-state index contributed by atoms with van der Waals surface area (Å²) in [6.45, 7) is 1.51. The van der Waals surface area contributed by atoms with Gasteiger partial charge < -0.3 is 4.74 Å². The van der Waals surface area contributed by atoms with Crippen molar-refractivity contribution in [3.63, 3.8) is 0 Å². The molecule has 0 fully saturated rings. The van der Waals surface area contributed by atoms with E-state index in [0.29, 0.717) is 5.56 Å². The molecule has 1 heterocycles. The third-order valence-electron chi connectivity index (χ3n) is 4.55. The van der Waals surface area contributed by atoms with Crippen LogP contribution in [0.1, 0.15) is 28.4 Å². The van der Waals surface area contributed by atoms with Crippen LogP contribution in [0.3, 0.4) is 0 Å². The molecular weight excluding hydrogens is 354 g/mol. The molecule has 2 aromatic rings. The molecule has 26 heavy (non-hydrogen) atoms. The van der Waals surface area contributed by atoms with Gasteiger partial charge in [-0.2, -0.15) is 4.31 Å². The molecule has 0 unspecified atom stereocenters. The second-order valence-corrected chi connectivity index (χ2v) is 8.03. The highest BCUT2D eigenvalue weighted by atomic mass is 32.2. The lowest BCUT2D eigenvalue weighted by Crippen LogP contribution is -2.49. The number of ketones is 1. The Morgan fingerprint density at radius 3 is 2.23 bits per heavy atom. The van der Waals surface area contributed by atoms with Gasteiger partial charge in [0.25, 0.3) is 0 Å². The molecule has 1 aliphatic rings. The van der Waals surface area contributed by atoms with Crippen LogP contribution in [-0.4, -0.2) is 37.6 Å². The van der Waals surface area contributed by atoms with Crippen LogP contribution in [0.25, 0.3) is 0 Å². The molecular formula is C19H19NO5S. The van der Waals surface area contributed by atoms with E-state index in [9.17, 15) is 18.0 Å². The van der Waals surface area contributed by atoms with Crippen molar-refractivity contribution in [1.82, 2.24) is 4.31 Å². The summed E-state index contributed by atoms with van der Waals surface area (Å²) in [5.74, 6) is -0.739. The van der Waals surface area contributed by atoms with E-state index in [2.05, 4.69) is 0 Å². The molecule has 0 saturated carbocycles. The second kappa shape index (κ2) is 7.01. The highest BCUT2D eigenvalue weighted by molar-refractivity contribution is 7.89. The number of sulfonamides is 1. The van der Waals surface area contributed by atoms with Crippen LogP contribution in [0.2, 0.25) is 0 Å². The first kappa shape index (κ1) is 18.3. The Morgan fingerprint density at radius 2 is 1.65 bits per heavy atom. The van der Waals surface area contributed by atoms with E-state index in [1.165, 1.54) is 42.6 Å². The van der Waals surface area contributed by atoms with Crippen molar-refractivity contribution in [2.45, 2.75) is 30.8 Å². The maximum absolute atomic E-state index is 13.1. The molecule has 0 spiro atoms. The van der Waals surface area contributed by atoms with E-state index in [-0.39, 0.29) is 23.6 Å². The lowest BCUT2D eigenvalue weighted by atomic mass is 9.96. The van der Waals surface area contributed by atoms with E-state index >= 15 is 0 Å². The summed E-state index contributed by atoms with van der Waals surface area (Å²) >= 11 is 0. The first-order valence-electron chi connectivity index (χ1n) is 8.12. The summed E-state index contributed by atoms with van der Waals surface area (Å²) in [4.78, 5) is 23.7. The average molecular weight is 373 g/mol. The SMILES string of the molecule is COC(=O)[C@H]1Cc2ccccc2CN1S(=O)(=O)c1ccc(C(C)=O)cc1. The Balaban J connectivity index is 2.03. The first-order chi connectivity index (χ1) is 12.3. The highest BCUT2D eigenvalue weighted by Crippen LogP contribution is 2.29. The van der Waals surface area contributed by atoms with Crippen molar-refractivity contribution in [3.05, 3.63) is 65.2 Å². The largest absolute Gasteiger partial charge is 0.468 e. The van der Waals surface area contributed by atoms with Crippen LogP contribution in [-0.2, 0) is 32.5 Å². The number of Topliss-reactive ketones (excluding diaryl/α,β-unsaturated/α-hetero) is 1. The zero-order chi connectivity index (χ0) is 18.9. The van der Waals surface area contributed by atoms with Crippen LogP contribution in [0.15, 0.2) is 53.4 Å². The summed E-state index contributed by atoms with van der Waals surface area (Å²) in [6.07, 6.45) is 0.258. The van der Waals surface area contributed by atoms with Crippen molar-refractivity contribution in [1.29, 1.82) is 0 Å². The summed E-state index contributed by atoms with van der Waals surface area (Å²) in [6, 6.07) is 12.2. The quantitative estimate of drug-likeness (QED) is 0.606. The number of fused-ring (bicyclic) bond motifs is 1. The molecule has 1 atom stereocenters. The fourth-order valence-corrected chi connectivity index (χ4v) is 4.64. The predicted octanol–water partition coefficient (Wildman–Crippen LogP) is 2.18. The van der Waals surface area contributed by atoms with Gasteiger partial charge in [0.05, 0.1) is 12.0 Å². The Morgan fingerprint density at radius 1 is 1.04 bits per heavy atom. The Labute approximate surface area is 152 Å². The number of esters is 1. The molecule has 2 aromatic carbocycles. The van der Waals surface area contributed by atoms with Crippen molar-refractivity contribution >= 4 is 21.8 Å². The van der Waals surface area contributed by atoms with Crippen molar-refractivity contribution < 1.29 is 22.7 Å². The molecule has 0 aliphatic carbocycles. The van der Waals surface area contributed by atoms with Gasteiger partial charge in [0.1, 0.15) is 6.04 Å². The van der Waals surface area contributed by atoms with Crippen LogP contribution in [0.5, 0.6) is 0 Å². The van der Waals surface area contributed by atoms with Gasteiger partial charge in [-0.15, -0.1) is 0 Å². The molecule has 7 heteroatoms. The smallest absolute Gasteiger partial charge is 0.324 e. The number of hydrogen-bond donors (Lipinski definition) is 0. The fraction of sp³-hybridized carbons (Fsp3) is 0.263. The third-order valence-corrected chi connectivity index (χ3v) is 6.42. The van der Waals surface area contributed by atoms with Crippen LogP contribution < -0.4 is 0 Å². The van der Waals surface area contributed by atoms with Crippen LogP contribution >= 0.6 is 0 Å². The predicted molar refractivity (Wildman–Crippen MR) is 95.1 cm³/mol. The Bertz CT molecular complexity index is 950. The molecule has 0 radical (unpaired) electrons. The maximum Gasteiger partial charge on any atom is 0.324 e. The summed E-state index contributed by atoms with van der Waals surface area (Å²) in [5, 5.41) is 0. The van der Waals surface area contributed by atoms with Gasteiger partial charge in [-0.3, -0.25) is 9.59 Å². The van der Waals surface area contributed by atoms with E-state index in [1.54, 1.807) is 0 Å².